The molecular weight excluding hydrogens is 224 g/mol. The molecule has 0 aliphatic carbocycles. The summed E-state index contributed by atoms with van der Waals surface area (Å²) < 4.78 is 0. The third-order valence-corrected chi connectivity index (χ3v) is 2.92. The molecule has 1 unspecified atom stereocenters. The molecule has 0 spiro atoms. The molecule has 3 nitrogen and oxygen atoms in total. The highest BCUT2D eigenvalue weighted by Gasteiger charge is 2.06. The van der Waals surface area contributed by atoms with Gasteiger partial charge in [-0.1, -0.05) is 29.3 Å². The molecule has 18 heavy (non-hydrogen) atoms. The molecule has 100 valence electrons. The Hall–Kier alpha value is -1.35. The first-order chi connectivity index (χ1) is 8.52. The van der Waals surface area contributed by atoms with Gasteiger partial charge in [-0.15, -0.1) is 0 Å². The smallest absolute Gasteiger partial charge is 0.221 e. The average molecular weight is 248 g/mol. The van der Waals surface area contributed by atoms with Crippen molar-refractivity contribution in [1.29, 1.82) is 0 Å². The first-order valence-corrected chi connectivity index (χ1v) is 6.61. The maximum absolute atomic E-state index is 11.3. The Kier molecular flexibility index (Phi) is 5.86. The average Bonchev–Trinajstić information content (AvgIpc) is 2.27. The normalized spacial score (nSPS) is 12.2. The van der Waals surface area contributed by atoms with Gasteiger partial charge in [0.25, 0.3) is 0 Å². The molecule has 0 aliphatic heterocycles. The number of hydrogen-bond donors (Lipinski definition) is 2. The first kappa shape index (κ1) is 14.7. The van der Waals surface area contributed by atoms with E-state index in [4.69, 9.17) is 0 Å². The lowest BCUT2D eigenvalue weighted by Crippen LogP contribution is -2.28. The van der Waals surface area contributed by atoms with Crippen molar-refractivity contribution in [1.82, 2.24) is 10.6 Å². The van der Waals surface area contributed by atoms with Gasteiger partial charge in [0.1, 0.15) is 0 Å². The van der Waals surface area contributed by atoms with Crippen LogP contribution in [0.1, 0.15) is 43.0 Å². The monoisotopic (exact) mass is 248 g/mol. The van der Waals surface area contributed by atoms with Crippen LogP contribution in [0.5, 0.6) is 0 Å². The van der Waals surface area contributed by atoms with E-state index >= 15 is 0 Å². The Labute approximate surface area is 110 Å². The summed E-state index contributed by atoms with van der Waals surface area (Å²) in [6.07, 6.45) is 0.531. The van der Waals surface area contributed by atoms with Crippen LogP contribution in [0.15, 0.2) is 18.2 Å². The molecule has 1 aromatic carbocycles. The van der Waals surface area contributed by atoms with Crippen molar-refractivity contribution < 1.29 is 4.79 Å². The van der Waals surface area contributed by atoms with Gasteiger partial charge in [0, 0.05) is 25.6 Å². The fraction of sp³-hybridized carbons (Fsp3) is 0.533. The first-order valence-electron chi connectivity index (χ1n) is 6.61. The highest BCUT2D eigenvalue weighted by Crippen LogP contribution is 2.16. The van der Waals surface area contributed by atoms with Gasteiger partial charge < -0.3 is 10.6 Å². The van der Waals surface area contributed by atoms with E-state index in [1.807, 2.05) is 6.92 Å². The molecule has 0 aromatic heterocycles. The molecule has 0 bridgehead atoms. The number of rotatable bonds is 6. The van der Waals surface area contributed by atoms with E-state index < -0.39 is 0 Å². The highest BCUT2D eigenvalue weighted by atomic mass is 16.1. The van der Waals surface area contributed by atoms with Gasteiger partial charge in [0.15, 0.2) is 0 Å². The van der Waals surface area contributed by atoms with Gasteiger partial charge in [0.2, 0.25) is 5.91 Å². The Balaban J connectivity index is 2.45. The van der Waals surface area contributed by atoms with E-state index in [9.17, 15) is 4.79 Å². The van der Waals surface area contributed by atoms with Gasteiger partial charge in [-0.25, -0.2) is 0 Å². The molecule has 1 rings (SSSR count). The van der Waals surface area contributed by atoms with Gasteiger partial charge in [0.05, 0.1) is 0 Å². The summed E-state index contributed by atoms with van der Waals surface area (Å²) in [6, 6.07) is 6.83. The van der Waals surface area contributed by atoms with Crippen LogP contribution in [-0.2, 0) is 4.79 Å². The molecule has 0 heterocycles. The SMILES string of the molecule is CCNC(=O)CCNC(C)c1cc(C)cc(C)c1. The summed E-state index contributed by atoms with van der Waals surface area (Å²) in [6.45, 7) is 9.69. The van der Waals surface area contributed by atoms with E-state index in [1.54, 1.807) is 0 Å². The standard InChI is InChI=1S/C15H24N2O/c1-5-16-15(18)6-7-17-13(4)14-9-11(2)8-12(3)10-14/h8-10,13,17H,5-7H2,1-4H3,(H,16,18). The van der Waals surface area contributed by atoms with E-state index in [0.29, 0.717) is 19.5 Å². The lowest BCUT2D eigenvalue weighted by molar-refractivity contribution is -0.120. The van der Waals surface area contributed by atoms with Gasteiger partial charge in [-0.3, -0.25) is 4.79 Å². The zero-order valence-corrected chi connectivity index (χ0v) is 11.8. The van der Waals surface area contributed by atoms with Crippen molar-refractivity contribution in [3.8, 4) is 0 Å². The molecule has 0 fully saturated rings. The molecule has 0 radical (unpaired) electrons. The highest BCUT2D eigenvalue weighted by molar-refractivity contribution is 5.75. The van der Waals surface area contributed by atoms with Crippen LogP contribution in [0.3, 0.4) is 0 Å². The van der Waals surface area contributed by atoms with Crippen LogP contribution in [0.4, 0.5) is 0 Å². The zero-order valence-electron chi connectivity index (χ0n) is 11.8. The van der Waals surface area contributed by atoms with Gasteiger partial charge >= 0.3 is 0 Å². The summed E-state index contributed by atoms with van der Waals surface area (Å²) >= 11 is 0. The quantitative estimate of drug-likeness (QED) is 0.812. The third kappa shape index (κ3) is 4.88. The maximum Gasteiger partial charge on any atom is 0.221 e. The Bertz CT molecular complexity index is 381. The minimum absolute atomic E-state index is 0.109. The van der Waals surface area contributed by atoms with Crippen molar-refractivity contribution in [2.75, 3.05) is 13.1 Å². The Morgan fingerprint density at radius 3 is 2.39 bits per heavy atom. The number of nitrogens with one attached hydrogen (secondary N) is 2. The molecule has 0 saturated heterocycles. The van der Waals surface area contributed by atoms with Crippen molar-refractivity contribution in [3.05, 3.63) is 34.9 Å². The Morgan fingerprint density at radius 1 is 1.22 bits per heavy atom. The number of carbonyl (C=O) groups is 1. The maximum atomic E-state index is 11.3. The topological polar surface area (TPSA) is 41.1 Å². The summed E-state index contributed by atoms with van der Waals surface area (Å²) in [5, 5.41) is 6.18. The minimum Gasteiger partial charge on any atom is -0.356 e. The van der Waals surface area contributed by atoms with E-state index in [2.05, 4.69) is 49.6 Å². The largest absolute Gasteiger partial charge is 0.356 e. The lowest BCUT2D eigenvalue weighted by atomic mass is 10.0. The van der Waals surface area contributed by atoms with E-state index in [-0.39, 0.29) is 11.9 Å². The molecule has 1 amide bonds. The third-order valence-electron chi connectivity index (χ3n) is 2.92. The summed E-state index contributed by atoms with van der Waals surface area (Å²) in [7, 11) is 0. The second-order valence-corrected chi connectivity index (χ2v) is 4.80. The van der Waals surface area contributed by atoms with Crippen LogP contribution in [0.25, 0.3) is 0 Å². The van der Waals surface area contributed by atoms with E-state index in [1.165, 1.54) is 16.7 Å². The molecular formula is C15H24N2O. The Morgan fingerprint density at radius 2 is 1.83 bits per heavy atom. The van der Waals surface area contributed by atoms with Gasteiger partial charge in [-0.05, 0) is 33.3 Å². The predicted octanol–water partition coefficient (Wildman–Crippen LogP) is 2.48. The number of amides is 1. The van der Waals surface area contributed by atoms with Crippen molar-refractivity contribution in [3.63, 3.8) is 0 Å². The number of carbonyl (C=O) groups excluding carboxylic acids is 1. The summed E-state index contributed by atoms with van der Waals surface area (Å²) in [5.74, 6) is 0.109. The molecule has 0 saturated carbocycles. The van der Waals surface area contributed by atoms with Crippen LogP contribution in [0, 0.1) is 13.8 Å². The van der Waals surface area contributed by atoms with Crippen molar-refractivity contribution in [2.24, 2.45) is 0 Å². The molecule has 2 N–H and O–H groups in total. The molecule has 1 aromatic rings. The molecule has 0 aliphatic rings. The number of hydrogen-bond acceptors (Lipinski definition) is 2. The van der Waals surface area contributed by atoms with Crippen LogP contribution in [-0.4, -0.2) is 19.0 Å². The van der Waals surface area contributed by atoms with Crippen molar-refractivity contribution >= 4 is 5.91 Å². The minimum atomic E-state index is 0.109. The van der Waals surface area contributed by atoms with Gasteiger partial charge in [-0.2, -0.15) is 0 Å². The number of aryl methyl sites for hydroxylation is 2. The van der Waals surface area contributed by atoms with Crippen molar-refractivity contribution in [2.45, 2.75) is 40.2 Å². The van der Waals surface area contributed by atoms with Crippen LogP contribution < -0.4 is 10.6 Å². The predicted molar refractivity (Wildman–Crippen MR) is 75.6 cm³/mol. The number of benzene rings is 1. The molecule has 3 heteroatoms. The molecule has 1 atom stereocenters. The van der Waals surface area contributed by atoms with Crippen LogP contribution in [0.2, 0.25) is 0 Å². The van der Waals surface area contributed by atoms with E-state index in [0.717, 1.165) is 0 Å². The summed E-state index contributed by atoms with van der Waals surface area (Å²) in [4.78, 5) is 11.3. The van der Waals surface area contributed by atoms with Crippen LogP contribution >= 0.6 is 0 Å². The summed E-state index contributed by atoms with van der Waals surface area (Å²) in [5.41, 5.74) is 3.84. The fourth-order valence-corrected chi connectivity index (χ4v) is 2.07. The fourth-order valence-electron chi connectivity index (χ4n) is 2.07. The second-order valence-electron chi connectivity index (χ2n) is 4.80. The zero-order chi connectivity index (χ0) is 13.5. The second kappa shape index (κ2) is 7.17. The lowest BCUT2D eigenvalue weighted by Gasteiger charge is -2.15.